The van der Waals surface area contributed by atoms with Crippen LogP contribution in [0.15, 0.2) is 54.6 Å². The monoisotopic (exact) mass is 398 g/mol. The second-order valence-electron chi connectivity index (χ2n) is 6.37. The van der Waals surface area contributed by atoms with Crippen LogP contribution in [-0.4, -0.2) is 26.7 Å². The number of nitro benzene ring substituents is 1. The van der Waals surface area contributed by atoms with Crippen molar-refractivity contribution in [1.29, 1.82) is 0 Å². The van der Waals surface area contributed by atoms with Crippen LogP contribution in [0.25, 0.3) is 16.9 Å². The van der Waals surface area contributed by atoms with E-state index in [0.717, 1.165) is 6.42 Å². The first kappa shape index (κ1) is 19.6. The van der Waals surface area contributed by atoms with Gasteiger partial charge in [-0.25, -0.2) is 4.68 Å². The maximum absolute atomic E-state index is 12.8. The highest BCUT2D eigenvalue weighted by molar-refractivity contribution is 6.33. The molecule has 0 aliphatic rings. The van der Waals surface area contributed by atoms with Crippen molar-refractivity contribution < 1.29 is 9.72 Å². The maximum atomic E-state index is 12.8. The highest BCUT2D eigenvalue weighted by atomic mass is 35.5. The molecular formula is C20H19ClN4O3. The number of benzene rings is 2. The highest BCUT2D eigenvalue weighted by Gasteiger charge is 2.20. The van der Waals surface area contributed by atoms with E-state index >= 15 is 0 Å². The third-order valence-corrected chi connectivity index (χ3v) is 4.70. The third kappa shape index (κ3) is 4.04. The fourth-order valence-corrected chi connectivity index (χ4v) is 2.91. The van der Waals surface area contributed by atoms with E-state index in [0.29, 0.717) is 22.0 Å². The van der Waals surface area contributed by atoms with E-state index in [-0.39, 0.29) is 23.3 Å². The van der Waals surface area contributed by atoms with E-state index in [1.54, 1.807) is 36.4 Å². The third-order valence-electron chi connectivity index (χ3n) is 4.37. The molecule has 144 valence electrons. The molecular weight excluding hydrogens is 380 g/mol. The number of non-ortho nitro benzene ring substituents is 1. The molecule has 1 aromatic heterocycles. The lowest BCUT2D eigenvalue weighted by molar-refractivity contribution is -0.384. The number of amides is 1. The molecule has 3 rings (SSSR count). The van der Waals surface area contributed by atoms with Gasteiger partial charge in [-0.15, -0.1) is 0 Å². The molecule has 1 N–H and O–H groups in total. The van der Waals surface area contributed by atoms with E-state index in [4.69, 9.17) is 11.6 Å². The predicted octanol–water partition coefficient (Wildman–Crippen LogP) is 4.63. The summed E-state index contributed by atoms with van der Waals surface area (Å²) in [5.74, 6) is -0.313. The van der Waals surface area contributed by atoms with Gasteiger partial charge in [0, 0.05) is 23.7 Å². The fraction of sp³-hybridized carbons (Fsp3) is 0.200. The van der Waals surface area contributed by atoms with Gasteiger partial charge in [-0.05, 0) is 31.5 Å². The largest absolute Gasteiger partial charge is 0.348 e. The Morgan fingerprint density at radius 1 is 1.25 bits per heavy atom. The molecule has 8 heteroatoms. The van der Waals surface area contributed by atoms with Crippen LogP contribution in [0.2, 0.25) is 5.02 Å². The topological polar surface area (TPSA) is 90.1 Å². The van der Waals surface area contributed by atoms with Gasteiger partial charge in [0.1, 0.15) is 5.69 Å². The number of hydrogen-bond donors (Lipinski definition) is 1. The Hall–Kier alpha value is -3.19. The Morgan fingerprint density at radius 2 is 2.00 bits per heavy atom. The van der Waals surface area contributed by atoms with Crippen LogP contribution in [-0.2, 0) is 0 Å². The molecule has 1 atom stereocenters. The molecule has 0 radical (unpaired) electrons. The van der Waals surface area contributed by atoms with Crippen molar-refractivity contribution in [1.82, 2.24) is 15.1 Å². The predicted molar refractivity (Wildman–Crippen MR) is 108 cm³/mol. The van der Waals surface area contributed by atoms with Gasteiger partial charge in [-0.2, -0.15) is 5.10 Å². The standard InChI is InChI=1S/C20H19ClN4O3/c1-3-13(2)22-20(26)19-12-18(16-9-4-5-10-17(16)21)23-24(19)14-7-6-8-15(11-14)25(27)28/h4-13H,3H2,1-2H3,(H,22,26)/t13-/m0/s1. The summed E-state index contributed by atoms with van der Waals surface area (Å²) in [4.78, 5) is 23.5. The van der Waals surface area contributed by atoms with E-state index in [9.17, 15) is 14.9 Å². The molecule has 0 unspecified atom stereocenters. The number of carbonyl (C=O) groups excluding carboxylic acids is 1. The molecule has 1 amide bonds. The van der Waals surface area contributed by atoms with Crippen LogP contribution in [0.3, 0.4) is 0 Å². The zero-order valence-electron chi connectivity index (χ0n) is 15.4. The van der Waals surface area contributed by atoms with E-state index in [1.807, 2.05) is 19.9 Å². The summed E-state index contributed by atoms with van der Waals surface area (Å²) >= 11 is 6.28. The van der Waals surface area contributed by atoms with Crippen LogP contribution < -0.4 is 5.32 Å². The van der Waals surface area contributed by atoms with Crippen molar-refractivity contribution in [2.75, 3.05) is 0 Å². The van der Waals surface area contributed by atoms with Crippen molar-refractivity contribution in [2.45, 2.75) is 26.3 Å². The number of nitro groups is 1. The molecule has 0 aliphatic carbocycles. The molecule has 2 aromatic carbocycles. The summed E-state index contributed by atoms with van der Waals surface area (Å²) in [5.41, 5.74) is 1.79. The average Bonchev–Trinajstić information content (AvgIpc) is 3.13. The SMILES string of the molecule is CC[C@H](C)NC(=O)c1cc(-c2ccccc2Cl)nn1-c1cccc([N+](=O)[O-])c1. The van der Waals surface area contributed by atoms with Gasteiger partial charge < -0.3 is 5.32 Å². The highest BCUT2D eigenvalue weighted by Crippen LogP contribution is 2.29. The molecule has 0 aliphatic heterocycles. The zero-order chi connectivity index (χ0) is 20.3. The normalized spacial score (nSPS) is 11.8. The van der Waals surface area contributed by atoms with Gasteiger partial charge in [0.2, 0.25) is 0 Å². The van der Waals surface area contributed by atoms with Crippen LogP contribution in [0.5, 0.6) is 0 Å². The quantitative estimate of drug-likeness (QED) is 0.484. The summed E-state index contributed by atoms with van der Waals surface area (Å²) < 4.78 is 1.41. The summed E-state index contributed by atoms with van der Waals surface area (Å²) in [7, 11) is 0. The second-order valence-corrected chi connectivity index (χ2v) is 6.77. The molecule has 0 bridgehead atoms. The molecule has 0 spiro atoms. The number of nitrogens with zero attached hydrogens (tertiary/aromatic N) is 3. The lowest BCUT2D eigenvalue weighted by atomic mass is 10.1. The van der Waals surface area contributed by atoms with Crippen molar-refractivity contribution in [3.63, 3.8) is 0 Å². The molecule has 0 saturated heterocycles. The first-order chi connectivity index (χ1) is 13.4. The van der Waals surface area contributed by atoms with Crippen LogP contribution in [0.4, 0.5) is 5.69 Å². The average molecular weight is 399 g/mol. The van der Waals surface area contributed by atoms with E-state index in [2.05, 4.69) is 10.4 Å². The Kier molecular flexibility index (Phi) is 5.75. The lowest BCUT2D eigenvalue weighted by Gasteiger charge is -2.12. The van der Waals surface area contributed by atoms with Gasteiger partial charge in [0.15, 0.2) is 0 Å². The first-order valence-electron chi connectivity index (χ1n) is 8.81. The van der Waals surface area contributed by atoms with Gasteiger partial charge in [0.25, 0.3) is 11.6 Å². The number of rotatable bonds is 6. The number of halogens is 1. The minimum atomic E-state index is -0.485. The molecule has 0 saturated carbocycles. The summed E-state index contributed by atoms with van der Waals surface area (Å²) in [5, 5.41) is 19.1. The van der Waals surface area contributed by atoms with Crippen LogP contribution >= 0.6 is 11.6 Å². The fourth-order valence-electron chi connectivity index (χ4n) is 2.68. The van der Waals surface area contributed by atoms with Crippen LogP contribution in [0, 0.1) is 10.1 Å². The van der Waals surface area contributed by atoms with Gasteiger partial charge in [-0.3, -0.25) is 14.9 Å². The van der Waals surface area contributed by atoms with Crippen LogP contribution in [0.1, 0.15) is 30.8 Å². The minimum Gasteiger partial charge on any atom is -0.348 e. The van der Waals surface area contributed by atoms with Crippen molar-refractivity contribution in [3.05, 3.63) is 75.4 Å². The molecule has 1 heterocycles. The van der Waals surface area contributed by atoms with E-state index in [1.165, 1.54) is 16.8 Å². The molecule has 28 heavy (non-hydrogen) atoms. The Labute approximate surface area is 167 Å². The van der Waals surface area contributed by atoms with Gasteiger partial charge in [-0.1, -0.05) is 42.8 Å². The lowest BCUT2D eigenvalue weighted by Crippen LogP contribution is -2.33. The zero-order valence-corrected chi connectivity index (χ0v) is 16.2. The van der Waals surface area contributed by atoms with Crippen molar-refractivity contribution in [2.24, 2.45) is 0 Å². The Morgan fingerprint density at radius 3 is 2.68 bits per heavy atom. The molecule has 7 nitrogen and oxygen atoms in total. The summed E-state index contributed by atoms with van der Waals surface area (Å²) in [6, 6.07) is 14.8. The van der Waals surface area contributed by atoms with Gasteiger partial charge >= 0.3 is 0 Å². The summed E-state index contributed by atoms with van der Waals surface area (Å²) in [6.07, 6.45) is 0.772. The number of aromatic nitrogens is 2. The smallest absolute Gasteiger partial charge is 0.271 e. The Bertz CT molecular complexity index is 1030. The van der Waals surface area contributed by atoms with Crippen molar-refractivity contribution >= 4 is 23.2 Å². The number of nitrogens with one attached hydrogen (secondary N) is 1. The van der Waals surface area contributed by atoms with Gasteiger partial charge in [0.05, 0.1) is 21.3 Å². The van der Waals surface area contributed by atoms with Crippen molar-refractivity contribution in [3.8, 4) is 16.9 Å². The number of carbonyl (C=O) groups is 1. The minimum absolute atomic E-state index is 0.0234. The molecule has 0 fully saturated rings. The summed E-state index contributed by atoms with van der Waals surface area (Å²) in [6.45, 7) is 3.87. The maximum Gasteiger partial charge on any atom is 0.271 e. The number of hydrogen-bond acceptors (Lipinski definition) is 4. The Balaban J connectivity index is 2.14. The second kappa shape index (κ2) is 8.22. The van der Waals surface area contributed by atoms with E-state index < -0.39 is 4.92 Å². The molecule has 3 aromatic rings. The first-order valence-corrected chi connectivity index (χ1v) is 9.19.